The average Bonchev–Trinajstić information content (AvgIpc) is 3.12. The molecule has 0 atom stereocenters. The molecule has 0 radical (unpaired) electrons. The lowest BCUT2D eigenvalue weighted by molar-refractivity contribution is -0.274. The summed E-state index contributed by atoms with van der Waals surface area (Å²) in [5, 5.41) is 20.3. The van der Waals surface area contributed by atoms with Gasteiger partial charge < -0.3 is 15.2 Å². The van der Waals surface area contributed by atoms with Crippen molar-refractivity contribution in [2.75, 3.05) is 11.9 Å². The van der Waals surface area contributed by atoms with E-state index in [4.69, 9.17) is 5.11 Å². The second-order valence-corrected chi connectivity index (χ2v) is 7.25. The van der Waals surface area contributed by atoms with Gasteiger partial charge in [0.15, 0.2) is 0 Å². The zero-order chi connectivity index (χ0) is 22.4. The normalized spacial score (nSPS) is 19.3. The molecular weight excluding hydrogens is 430 g/mol. The lowest BCUT2D eigenvalue weighted by atomic mass is 9.81. The van der Waals surface area contributed by atoms with Gasteiger partial charge in [-0.3, -0.25) is 4.40 Å². The molecule has 0 spiro atoms. The van der Waals surface area contributed by atoms with Crippen LogP contribution in [0.3, 0.4) is 0 Å². The van der Waals surface area contributed by atoms with E-state index < -0.39 is 23.9 Å². The second kappa shape index (κ2) is 7.59. The third kappa shape index (κ3) is 4.38. The van der Waals surface area contributed by atoms with E-state index in [2.05, 4.69) is 20.3 Å². The van der Waals surface area contributed by atoms with Crippen LogP contribution in [0.4, 0.5) is 32.3 Å². The maximum absolute atomic E-state index is 13.0. The van der Waals surface area contributed by atoms with Crippen LogP contribution in [0.2, 0.25) is 0 Å². The van der Waals surface area contributed by atoms with Crippen molar-refractivity contribution in [3.63, 3.8) is 0 Å². The third-order valence-electron chi connectivity index (χ3n) is 5.08. The maximum atomic E-state index is 13.0. The summed E-state index contributed by atoms with van der Waals surface area (Å²) in [5.41, 5.74) is -1.29. The van der Waals surface area contributed by atoms with Gasteiger partial charge in [-0.05, 0) is 49.1 Å². The number of aromatic nitrogens is 3. The van der Waals surface area contributed by atoms with E-state index in [1.807, 2.05) is 0 Å². The van der Waals surface area contributed by atoms with Crippen LogP contribution in [0.1, 0.15) is 18.4 Å². The predicted octanol–water partition coefficient (Wildman–Crippen LogP) is 4.50. The summed E-state index contributed by atoms with van der Waals surface area (Å²) in [7, 11) is 0. The molecule has 1 aliphatic rings. The summed E-state index contributed by atoms with van der Waals surface area (Å²) >= 11 is 0. The van der Waals surface area contributed by atoms with Crippen molar-refractivity contribution in [2.45, 2.75) is 31.4 Å². The molecule has 2 N–H and O–H groups in total. The molecule has 1 aromatic carbocycles. The number of hydrogen-bond donors (Lipinski definition) is 2. The van der Waals surface area contributed by atoms with Gasteiger partial charge >= 0.3 is 12.5 Å². The van der Waals surface area contributed by atoms with Gasteiger partial charge in [0.05, 0.1) is 11.1 Å². The Hall–Kier alpha value is -3.02. The first kappa shape index (κ1) is 21.2. The van der Waals surface area contributed by atoms with Crippen LogP contribution >= 0.6 is 0 Å². The number of hydrogen-bond acceptors (Lipinski definition) is 5. The summed E-state index contributed by atoms with van der Waals surface area (Å²) in [6.07, 6.45) is -6.98. The zero-order valence-corrected chi connectivity index (χ0v) is 15.7. The van der Waals surface area contributed by atoms with Crippen molar-refractivity contribution in [1.29, 1.82) is 0 Å². The molecule has 166 valence electrons. The van der Waals surface area contributed by atoms with Gasteiger partial charge in [0, 0.05) is 24.4 Å². The van der Waals surface area contributed by atoms with E-state index in [9.17, 15) is 26.3 Å². The number of halogens is 6. The van der Waals surface area contributed by atoms with E-state index in [0.29, 0.717) is 23.6 Å². The van der Waals surface area contributed by atoms with Crippen molar-refractivity contribution in [3.05, 3.63) is 42.1 Å². The highest BCUT2D eigenvalue weighted by Gasteiger charge is 2.36. The lowest BCUT2D eigenvalue weighted by Crippen LogP contribution is -2.38. The quantitative estimate of drug-likeness (QED) is 0.565. The van der Waals surface area contributed by atoms with Crippen LogP contribution in [0.5, 0.6) is 5.75 Å². The van der Waals surface area contributed by atoms with Crippen LogP contribution in [0, 0.1) is 5.92 Å². The number of nitrogens with zero attached hydrogens (tertiary/aromatic N) is 3. The lowest BCUT2D eigenvalue weighted by Gasteiger charge is -2.34. The van der Waals surface area contributed by atoms with Gasteiger partial charge in [0.2, 0.25) is 5.95 Å². The SMILES string of the molecule is OCC1CC(Nc2nnc(-c3ccc(C(F)(F)F)cc3OC(F)(F)F)c3cccn23)C1. The van der Waals surface area contributed by atoms with E-state index in [1.165, 1.54) is 0 Å². The highest BCUT2D eigenvalue weighted by Crippen LogP contribution is 2.40. The first-order valence-corrected chi connectivity index (χ1v) is 9.23. The van der Waals surface area contributed by atoms with Crippen LogP contribution in [-0.4, -0.2) is 38.7 Å². The minimum Gasteiger partial charge on any atom is -0.405 e. The highest BCUT2D eigenvalue weighted by molar-refractivity contribution is 5.81. The number of ether oxygens (including phenoxy) is 1. The Kier molecular flexibility index (Phi) is 5.20. The van der Waals surface area contributed by atoms with Crippen LogP contribution in [0.15, 0.2) is 36.5 Å². The number of fused-ring (bicyclic) bond motifs is 1. The van der Waals surface area contributed by atoms with E-state index in [1.54, 1.807) is 22.7 Å². The topological polar surface area (TPSA) is 71.7 Å². The van der Waals surface area contributed by atoms with Crippen molar-refractivity contribution in [2.24, 2.45) is 5.92 Å². The maximum Gasteiger partial charge on any atom is 0.573 e. The minimum atomic E-state index is -5.19. The number of nitrogens with one attached hydrogen (secondary N) is 1. The first-order valence-electron chi connectivity index (χ1n) is 9.23. The Bertz CT molecular complexity index is 1090. The molecule has 2 heterocycles. The number of aliphatic hydroxyl groups is 1. The molecule has 0 aliphatic heterocycles. The van der Waals surface area contributed by atoms with Gasteiger partial charge in [0.25, 0.3) is 0 Å². The minimum absolute atomic E-state index is 0.0538. The molecule has 3 aromatic rings. The molecule has 6 nitrogen and oxygen atoms in total. The molecular formula is C19H16F6N4O2. The Balaban J connectivity index is 1.75. The Morgan fingerprint density at radius 2 is 1.84 bits per heavy atom. The average molecular weight is 446 g/mol. The van der Waals surface area contributed by atoms with Gasteiger partial charge in [-0.2, -0.15) is 13.2 Å². The molecule has 0 unspecified atom stereocenters. The smallest absolute Gasteiger partial charge is 0.405 e. The van der Waals surface area contributed by atoms with Crippen LogP contribution in [-0.2, 0) is 6.18 Å². The number of alkyl halides is 6. The third-order valence-corrected chi connectivity index (χ3v) is 5.08. The fraction of sp³-hybridized carbons (Fsp3) is 0.368. The van der Waals surface area contributed by atoms with Gasteiger partial charge in [-0.25, -0.2) is 0 Å². The first-order chi connectivity index (χ1) is 14.5. The zero-order valence-electron chi connectivity index (χ0n) is 15.7. The largest absolute Gasteiger partial charge is 0.573 e. The summed E-state index contributed by atoms with van der Waals surface area (Å²) in [6.45, 7) is 0.0810. The molecule has 1 aliphatic carbocycles. The molecule has 0 saturated heterocycles. The fourth-order valence-corrected chi connectivity index (χ4v) is 3.53. The standard InChI is InChI=1S/C19H16F6N4O2/c20-18(21,22)11-3-4-13(15(8-11)31-19(23,24)25)16-14-2-1-5-29(14)17(28-27-16)26-12-6-10(7-12)9-30/h1-5,8,10,12,30H,6-7,9H2,(H,26,28). The van der Waals surface area contributed by atoms with E-state index in [0.717, 1.165) is 18.9 Å². The molecule has 4 rings (SSSR count). The van der Waals surface area contributed by atoms with Gasteiger partial charge in [-0.15, -0.1) is 23.4 Å². The molecule has 1 fully saturated rings. The van der Waals surface area contributed by atoms with Gasteiger partial charge in [-0.1, -0.05) is 0 Å². The number of aliphatic hydroxyl groups excluding tert-OH is 1. The van der Waals surface area contributed by atoms with Crippen molar-refractivity contribution in [3.8, 4) is 17.0 Å². The van der Waals surface area contributed by atoms with Crippen molar-refractivity contribution >= 4 is 11.5 Å². The van der Waals surface area contributed by atoms with Crippen molar-refractivity contribution < 1.29 is 36.2 Å². The number of anilines is 1. The Labute approximate surface area is 171 Å². The highest BCUT2D eigenvalue weighted by atomic mass is 19.4. The molecule has 0 amide bonds. The summed E-state index contributed by atoms with van der Waals surface area (Å²) in [4.78, 5) is 0. The van der Waals surface area contributed by atoms with Crippen LogP contribution in [0.25, 0.3) is 16.8 Å². The molecule has 0 bridgehead atoms. The fourth-order valence-electron chi connectivity index (χ4n) is 3.53. The number of benzene rings is 1. The molecule has 1 saturated carbocycles. The number of rotatable bonds is 5. The Morgan fingerprint density at radius 3 is 2.48 bits per heavy atom. The van der Waals surface area contributed by atoms with E-state index in [-0.39, 0.29) is 29.8 Å². The van der Waals surface area contributed by atoms with Gasteiger partial charge in [0.1, 0.15) is 11.4 Å². The molecule has 12 heteroatoms. The van der Waals surface area contributed by atoms with Crippen LogP contribution < -0.4 is 10.1 Å². The van der Waals surface area contributed by atoms with E-state index >= 15 is 0 Å². The Morgan fingerprint density at radius 1 is 1.10 bits per heavy atom. The predicted molar refractivity (Wildman–Crippen MR) is 97.3 cm³/mol. The summed E-state index contributed by atoms with van der Waals surface area (Å²) in [5.74, 6) is -0.500. The second-order valence-electron chi connectivity index (χ2n) is 7.25. The molecule has 31 heavy (non-hydrogen) atoms. The van der Waals surface area contributed by atoms with Crippen molar-refractivity contribution in [1.82, 2.24) is 14.6 Å². The molecule has 2 aromatic heterocycles. The summed E-state index contributed by atoms with van der Waals surface area (Å²) in [6, 6.07) is 5.05. The monoisotopic (exact) mass is 446 g/mol. The summed E-state index contributed by atoms with van der Waals surface area (Å²) < 4.78 is 83.0.